The first-order valence-corrected chi connectivity index (χ1v) is 7.80. The highest BCUT2D eigenvalue weighted by Crippen LogP contribution is 2.33. The Morgan fingerprint density at radius 2 is 2.12 bits per heavy atom. The van der Waals surface area contributed by atoms with Crippen LogP contribution in [0.5, 0.6) is 0 Å². The van der Waals surface area contributed by atoms with Crippen molar-refractivity contribution in [2.24, 2.45) is 16.3 Å². The number of hydrogen-bond donors (Lipinski definition) is 1. The molecule has 2 aliphatic rings. The molecule has 2 atom stereocenters. The third-order valence-corrected chi connectivity index (χ3v) is 4.88. The van der Waals surface area contributed by atoms with Crippen LogP contribution in [0.2, 0.25) is 0 Å². The number of rotatable bonds is 3. The molecule has 0 amide bonds. The van der Waals surface area contributed by atoms with E-state index in [2.05, 4.69) is 38.0 Å². The number of hydrogen-bond acceptors (Lipinski definition) is 3. The molecule has 0 aromatic rings. The van der Waals surface area contributed by atoms with E-state index >= 15 is 0 Å². The first-order valence-electron chi connectivity index (χ1n) is 6.92. The molecule has 1 aliphatic carbocycles. The summed E-state index contributed by atoms with van der Waals surface area (Å²) in [7, 11) is 0. The van der Waals surface area contributed by atoms with Crippen LogP contribution in [0.1, 0.15) is 53.4 Å². The van der Waals surface area contributed by atoms with Gasteiger partial charge in [-0.1, -0.05) is 39.0 Å². The van der Waals surface area contributed by atoms with Gasteiger partial charge in [0.05, 0.1) is 6.54 Å². The number of nitrogens with zero attached hydrogens (tertiary/aromatic N) is 1. The molecule has 1 fully saturated rings. The fraction of sp³-hybridized carbons (Fsp3) is 0.929. The van der Waals surface area contributed by atoms with E-state index in [1.165, 1.54) is 30.9 Å². The van der Waals surface area contributed by atoms with Gasteiger partial charge >= 0.3 is 0 Å². The smallest absolute Gasteiger partial charge is 0.157 e. The normalized spacial score (nSPS) is 27.5. The van der Waals surface area contributed by atoms with Crippen LogP contribution in [0, 0.1) is 11.3 Å². The van der Waals surface area contributed by atoms with Crippen molar-refractivity contribution in [1.29, 1.82) is 0 Å². The van der Waals surface area contributed by atoms with Gasteiger partial charge in [0.1, 0.15) is 0 Å². The molecule has 1 saturated carbocycles. The lowest BCUT2D eigenvalue weighted by molar-refractivity contribution is 0.259. The van der Waals surface area contributed by atoms with Gasteiger partial charge in [0.25, 0.3) is 0 Å². The third kappa shape index (κ3) is 3.90. The standard InChI is InChI=1S/C14H26N2S/c1-10(11-6-5-7-11)16-13-15-9-12(17-13)8-14(2,3)4/h10-12H,5-9H2,1-4H3,(H,15,16). The van der Waals surface area contributed by atoms with Crippen molar-refractivity contribution in [2.45, 2.75) is 64.7 Å². The minimum absolute atomic E-state index is 0.419. The molecule has 0 aromatic heterocycles. The Morgan fingerprint density at radius 1 is 1.41 bits per heavy atom. The zero-order valence-electron chi connectivity index (χ0n) is 11.6. The van der Waals surface area contributed by atoms with E-state index in [1.807, 2.05) is 11.8 Å². The fourth-order valence-corrected chi connectivity index (χ4v) is 3.99. The highest BCUT2D eigenvalue weighted by molar-refractivity contribution is 8.14. The first-order chi connectivity index (χ1) is 7.94. The molecule has 0 aromatic carbocycles. The van der Waals surface area contributed by atoms with Crippen molar-refractivity contribution in [3.8, 4) is 0 Å². The van der Waals surface area contributed by atoms with Crippen molar-refractivity contribution in [3.05, 3.63) is 0 Å². The lowest BCUT2D eigenvalue weighted by atomic mass is 9.80. The van der Waals surface area contributed by atoms with Crippen LogP contribution >= 0.6 is 11.8 Å². The van der Waals surface area contributed by atoms with Crippen LogP contribution in [-0.4, -0.2) is 23.0 Å². The fourth-order valence-electron chi connectivity index (χ4n) is 2.54. The molecule has 2 rings (SSSR count). The van der Waals surface area contributed by atoms with Gasteiger partial charge in [0, 0.05) is 11.3 Å². The Kier molecular flexibility index (Phi) is 4.06. The van der Waals surface area contributed by atoms with Crippen LogP contribution in [0.15, 0.2) is 4.99 Å². The monoisotopic (exact) mass is 254 g/mol. The Bertz CT molecular complexity index is 289. The van der Waals surface area contributed by atoms with E-state index < -0.39 is 0 Å². The molecule has 0 radical (unpaired) electrons. The Balaban J connectivity index is 1.73. The highest BCUT2D eigenvalue weighted by Gasteiger charge is 2.28. The molecule has 1 aliphatic heterocycles. The lowest BCUT2D eigenvalue weighted by Gasteiger charge is -2.32. The van der Waals surface area contributed by atoms with E-state index in [4.69, 9.17) is 0 Å². The molecule has 0 spiro atoms. The van der Waals surface area contributed by atoms with E-state index in [0.717, 1.165) is 12.5 Å². The molecular formula is C14H26N2S. The largest absolute Gasteiger partial charge is 0.362 e. The minimum atomic E-state index is 0.419. The van der Waals surface area contributed by atoms with Crippen LogP contribution < -0.4 is 5.32 Å². The predicted molar refractivity (Wildman–Crippen MR) is 77.7 cm³/mol. The second-order valence-electron chi connectivity index (χ2n) is 6.77. The molecule has 0 bridgehead atoms. The Morgan fingerprint density at radius 3 is 2.65 bits per heavy atom. The Labute approximate surface area is 110 Å². The summed E-state index contributed by atoms with van der Waals surface area (Å²) in [6.07, 6.45) is 5.47. The molecule has 98 valence electrons. The molecule has 17 heavy (non-hydrogen) atoms. The summed E-state index contributed by atoms with van der Waals surface area (Å²) in [6.45, 7) is 10.3. The summed E-state index contributed by atoms with van der Waals surface area (Å²) in [4.78, 5) is 4.65. The van der Waals surface area contributed by atoms with E-state index in [9.17, 15) is 0 Å². The first kappa shape index (κ1) is 13.3. The van der Waals surface area contributed by atoms with Crippen LogP contribution in [0.25, 0.3) is 0 Å². The average Bonchev–Trinajstić information content (AvgIpc) is 2.45. The Hall–Kier alpha value is -0.180. The number of nitrogens with one attached hydrogen (secondary N) is 1. The average molecular weight is 254 g/mol. The van der Waals surface area contributed by atoms with Gasteiger partial charge in [-0.15, -0.1) is 0 Å². The molecule has 2 nitrogen and oxygen atoms in total. The van der Waals surface area contributed by atoms with Gasteiger partial charge in [0.15, 0.2) is 5.17 Å². The second kappa shape index (κ2) is 5.21. The summed E-state index contributed by atoms with van der Waals surface area (Å²) in [5.74, 6) is 0.889. The highest BCUT2D eigenvalue weighted by atomic mass is 32.2. The summed E-state index contributed by atoms with van der Waals surface area (Å²) >= 11 is 1.96. The molecular weight excluding hydrogens is 228 g/mol. The zero-order chi connectivity index (χ0) is 12.5. The topological polar surface area (TPSA) is 24.4 Å². The van der Waals surface area contributed by atoms with Crippen molar-refractivity contribution in [3.63, 3.8) is 0 Å². The lowest BCUT2D eigenvalue weighted by Crippen LogP contribution is -2.39. The van der Waals surface area contributed by atoms with Crippen molar-refractivity contribution in [2.75, 3.05) is 6.54 Å². The third-order valence-electron chi connectivity index (χ3n) is 3.76. The van der Waals surface area contributed by atoms with E-state index in [0.29, 0.717) is 16.7 Å². The maximum Gasteiger partial charge on any atom is 0.157 e. The van der Waals surface area contributed by atoms with Crippen molar-refractivity contribution in [1.82, 2.24) is 5.32 Å². The second-order valence-corrected chi connectivity index (χ2v) is 8.06. The van der Waals surface area contributed by atoms with Crippen LogP contribution in [-0.2, 0) is 0 Å². The van der Waals surface area contributed by atoms with Gasteiger partial charge in [0.2, 0.25) is 0 Å². The van der Waals surface area contributed by atoms with Gasteiger partial charge in [-0.25, -0.2) is 0 Å². The molecule has 3 heteroatoms. The number of thioether (sulfide) groups is 1. The SMILES string of the molecule is CC(NC1=NCC(CC(C)(C)C)S1)C1CCC1. The number of amidine groups is 1. The molecule has 1 N–H and O–H groups in total. The minimum Gasteiger partial charge on any atom is -0.362 e. The van der Waals surface area contributed by atoms with Crippen molar-refractivity contribution >= 4 is 16.9 Å². The van der Waals surface area contributed by atoms with E-state index in [1.54, 1.807) is 0 Å². The quantitative estimate of drug-likeness (QED) is 0.831. The maximum atomic E-state index is 4.65. The molecule has 0 saturated heterocycles. The molecule has 2 unspecified atom stereocenters. The summed E-state index contributed by atoms with van der Waals surface area (Å²) < 4.78 is 0. The van der Waals surface area contributed by atoms with Gasteiger partial charge in [-0.3, -0.25) is 4.99 Å². The van der Waals surface area contributed by atoms with Crippen LogP contribution in [0.4, 0.5) is 0 Å². The van der Waals surface area contributed by atoms with Gasteiger partial charge in [-0.2, -0.15) is 0 Å². The van der Waals surface area contributed by atoms with Crippen LogP contribution in [0.3, 0.4) is 0 Å². The van der Waals surface area contributed by atoms with Gasteiger partial charge < -0.3 is 5.32 Å². The van der Waals surface area contributed by atoms with Crippen molar-refractivity contribution < 1.29 is 0 Å². The molecule has 1 heterocycles. The zero-order valence-corrected chi connectivity index (χ0v) is 12.4. The number of aliphatic imine (C=N–C) groups is 1. The summed E-state index contributed by atoms with van der Waals surface area (Å²) in [6, 6.07) is 0.614. The predicted octanol–water partition coefficient (Wildman–Crippen LogP) is 3.67. The maximum absolute atomic E-state index is 4.65. The van der Waals surface area contributed by atoms with E-state index in [-0.39, 0.29) is 0 Å². The summed E-state index contributed by atoms with van der Waals surface area (Å²) in [5.41, 5.74) is 0.419. The van der Waals surface area contributed by atoms with Gasteiger partial charge in [-0.05, 0) is 37.5 Å². The summed E-state index contributed by atoms with van der Waals surface area (Å²) in [5, 5.41) is 5.49.